The van der Waals surface area contributed by atoms with Crippen LogP contribution in [0.25, 0.3) is 0 Å². The maximum atomic E-state index is 11.8. The molecule has 3 N–H and O–H groups in total. The van der Waals surface area contributed by atoms with Gasteiger partial charge in [0.2, 0.25) is 0 Å². The molecule has 0 radical (unpaired) electrons. The summed E-state index contributed by atoms with van der Waals surface area (Å²) in [5.74, 6) is -0.957. The number of nitrogens with zero attached hydrogens (tertiary/aromatic N) is 1. The summed E-state index contributed by atoms with van der Waals surface area (Å²) in [6.45, 7) is 4.79. The molecule has 1 atom stereocenters. The van der Waals surface area contributed by atoms with Crippen LogP contribution in [0.1, 0.15) is 26.2 Å². The number of amides is 2. The molecule has 1 aliphatic heterocycles. The summed E-state index contributed by atoms with van der Waals surface area (Å²) in [5.41, 5.74) is 0. The lowest BCUT2D eigenvalue weighted by atomic mass is 10.1. The maximum absolute atomic E-state index is 11.8. The van der Waals surface area contributed by atoms with E-state index in [4.69, 9.17) is 5.11 Å². The largest absolute Gasteiger partial charge is 0.480 e. The first-order chi connectivity index (χ1) is 8.15. The highest BCUT2D eigenvalue weighted by Gasteiger charge is 2.23. The Kier molecular flexibility index (Phi) is 5.76. The van der Waals surface area contributed by atoms with Gasteiger partial charge in [-0.05, 0) is 6.42 Å². The van der Waals surface area contributed by atoms with E-state index in [2.05, 4.69) is 10.6 Å². The van der Waals surface area contributed by atoms with Crippen molar-refractivity contribution in [2.75, 3.05) is 26.2 Å². The van der Waals surface area contributed by atoms with Crippen molar-refractivity contribution in [3.05, 3.63) is 0 Å². The second kappa shape index (κ2) is 7.11. The van der Waals surface area contributed by atoms with Crippen LogP contribution in [0, 0.1) is 0 Å². The molecule has 1 saturated heterocycles. The van der Waals surface area contributed by atoms with Crippen molar-refractivity contribution in [3.63, 3.8) is 0 Å². The Morgan fingerprint density at radius 1 is 1.41 bits per heavy atom. The van der Waals surface area contributed by atoms with Gasteiger partial charge in [-0.15, -0.1) is 0 Å². The normalized spacial score (nSPS) is 17.6. The van der Waals surface area contributed by atoms with Crippen molar-refractivity contribution in [2.45, 2.75) is 32.2 Å². The second-order valence-electron chi connectivity index (χ2n) is 4.22. The van der Waals surface area contributed by atoms with E-state index < -0.39 is 12.0 Å². The second-order valence-corrected chi connectivity index (χ2v) is 4.22. The van der Waals surface area contributed by atoms with E-state index in [1.807, 2.05) is 6.92 Å². The van der Waals surface area contributed by atoms with Gasteiger partial charge in [-0.25, -0.2) is 9.59 Å². The van der Waals surface area contributed by atoms with Gasteiger partial charge in [-0.3, -0.25) is 0 Å². The Balaban J connectivity index is 2.42. The SMILES string of the molecule is CCCC[C@H](NC(=O)N1CCNCC1)C(=O)O. The Morgan fingerprint density at radius 3 is 2.59 bits per heavy atom. The van der Waals surface area contributed by atoms with E-state index in [0.717, 1.165) is 25.9 Å². The summed E-state index contributed by atoms with van der Waals surface area (Å²) in [5, 5.41) is 14.7. The molecule has 0 unspecified atom stereocenters. The van der Waals surface area contributed by atoms with Gasteiger partial charge < -0.3 is 20.6 Å². The van der Waals surface area contributed by atoms with Crippen LogP contribution in [0.4, 0.5) is 4.79 Å². The van der Waals surface area contributed by atoms with Crippen molar-refractivity contribution in [1.29, 1.82) is 0 Å². The molecule has 1 heterocycles. The van der Waals surface area contributed by atoms with Crippen molar-refractivity contribution in [2.24, 2.45) is 0 Å². The summed E-state index contributed by atoms with van der Waals surface area (Å²) in [7, 11) is 0. The minimum absolute atomic E-state index is 0.269. The lowest BCUT2D eigenvalue weighted by Crippen LogP contribution is -2.53. The van der Waals surface area contributed by atoms with E-state index in [9.17, 15) is 9.59 Å². The molecule has 0 aliphatic carbocycles. The van der Waals surface area contributed by atoms with E-state index in [-0.39, 0.29) is 6.03 Å². The molecule has 17 heavy (non-hydrogen) atoms. The average molecular weight is 243 g/mol. The number of piperazine rings is 1. The van der Waals surface area contributed by atoms with E-state index in [0.29, 0.717) is 19.5 Å². The number of hydrogen-bond acceptors (Lipinski definition) is 3. The molecule has 6 heteroatoms. The summed E-state index contributed by atoms with van der Waals surface area (Å²) < 4.78 is 0. The lowest BCUT2D eigenvalue weighted by molar-refractivity contribution is -0.139. The van der Waals surface area contributed by atoms with Crippen LogP contribution in [-0.2, 0) is 4.79 Å². The molecule has 1 fully saturated rings. The number of unbranched alkanes of at least 4 members (excludes halogenated alkanes) is 1. The van der Waals surface area contributed by atoms with Crippen LogP contribution in [0.5, 0.6) is 0 Å². The van der Waals surface area contributed by atoms with Crippen molar-refractivity contribution in [1.82, 2.24) is 15.5 Å². The fraction of sp³-hybridized carbons (Fsp3) is 0.818. The first-order valence-electron chi connectivity index (χ1n) is 6.14. The molecule has 0 spiro atoms. The Morgan fingerprint density at radius 2 is 2.06 bits per heavy atom. The highest BCUT2D eigenvalue weighted by atomic mass is 16.4. The average Bonchev–Trinajstić information content (AvgIpc) is 2.35. The number of hydrogen-bond donors (Lipinski definition) is 3. The molecule has 0 aromatic rings. The number of carboxylic acid groups (broad SMARTS) is 1. The van der Waals surface area contributed by atoms with Gasteiger partial charge in [0.05, 0.1) is 0 Å². The van der Waals surface area contributed by atoms with Gasteiger partial charge in [0.25, 0.3) is 0 Å². The molecule has 0 aromatic carbocycles. The molecule has 0 aromatic heterocycles. The first kappa shape index (κ1) is 13.8. The number of urea groups is 1. The number of carbonyl (C=O) groups excluding carboxylic acids is 1. The fourth-order valence-electron chi connectivity index (χ4n) is 1.77. The van der Waals surface area contributed by atoms with Crippen molar-refractivity contribution >= 4 is 12.0 Å². The number of aliphatic carboxylic acids is 1. The number of carboxylic acids is 1. The third-order valence-corrected chi connectivity index (χ3v) is 2.85. The topological polar surface area (TPSA) is 81.7 Å². The van der Waals surface area contributed by atoms with Gasteiger partial charge in [-0.1, -0.05) is 19.8 Å². The maximum Gasteiger partial charge on any atom is 0.326 e. The van der Waals surface area contributed by atoms with E-state index in [1.165, 1.54) is 0 Å². The first-order valence-corrected chi connectivity index (χ1v) is 6.14. The Labute approximate surface area is 101 Å². The predicted octanol–water partition coefficient (Wildman–Crippen LogP) is 0.245. The third kappa shape index (κ3) is 4.60. The third-order valence-electron chi connectivity index (χ3n) is 2.85. The molecule has 6 nitrogen and oxygen atoms in total. The quantitative estimate of drug-likeness (QED) is 0.646. The van der Waals surface area contributed by atoms with Gasteiger partial charge in [0.15, 0.2) is 0 Å². The Hall–Kier alpha value is -1.30. The Bertz CT molecular complexity index is 265. The predicted molar refractivity (Wildman–Crippen MR) is 63.9 cm³/mol. The standard InChI is InChI=1S/C11H21N3O3/c1-2-3-4-9(10(15)16)13-11(17)14-7-5-12-6-8-14/h9,12H,2-8H2,1H3,(H,13,17)(H,15,16)/t9-/m0/s1. The van der Waals surface area contributed by atoms with Crippen molar-refractivity contribution in [3.8, 4) is 0 Å². The van der Waals surface area contributed by atoms with Gasteiger partial charge in [0.1, 0.15) is 6.04 Å². The van der Waals surface area contributed by atoms with Gasteiger partial charge >= 0.3 is 12.0 Å². The summed E-state index contributed by atoms with van der Waals surface area (Å²) in [6.07, 6.45) is 2.22. The molecular weight excluding hydrogens is 222 g/mol. The van der Waals surface area contributed by atoms with Crippen LogP contribution < -0.4 is 10.6 Å². The minimum atomic E-state index is -0.957. The van der Waals surface area contributed by atoms with Crippen molar-refractivity contribution < 1.29 is 14.7 Å². The molecule has 0 saturated carbocycles. The minimum Gasteiger partial charge on any atom is -0.480 e. The molecule has 98 valence electrons. The monoisotopic (exact) mass is 243 g/mol. The molecule has 2 amide bonds. The van der Waals surface area contributed by atoms with Crippen LogP contribution in [0.3, 0.4) is 0 Å². The summed E-state index contributed by atoms with van der Waals surface area (Å²) >= 11 is 0. The van der Waals surface area contributed by atoms with Crippen LogP contribution in [-0.4, -0.2) is 54.2 Å². The summed E-state index contributed by atoms with van der Waals surface area (Å²) in [6, 6.07) is -1.03. The van der Waals surface area contributed by atoms with Gasteiger partial charge in [-0.2, -0.15) is 0 Å². The zero-order valence-electron chi connectivity index (χ0n) is 10.2. The number of carbonyl (C=O) groups is 2. The smallest absolute Gasteiger partial charge is 0.326 e. The zero-order valence-corrected chi connectivity index (χ0v) is 10.2. The van der Waals surface area contributed by atoms with E-state index in [1.54, 1.807) is 4.90 Å². The van der Waals surface area contributed by atoms with Gasteiger partial charge in [0, 0.05) is 26.2 Å². The number of rotatable bonds is 5. The van der Waals surface area contributed by atoms with Crippen LogP contribution >= 0.6 is 0 Å². The summed E-state index contributed by atoms with van der Waals surface area (Å²) in [4.78, 5) is 24.4. The molecule has 1 aliphatic rings. The van der Waals surface area contributed by atoms with Crippen LogP contribution in [0.15, 0.2) is 0 Å². The number of nitrogens with one attached hydrogen (secondary N) is 2. The van der Waals surface area contributed by atoms with Crippen LogP contribution in [0.2, 0.25) is 0 Å². The van der Waals surface area contributed by atoms with E-state index >= 15 is 0 Å². The highest BCUT2D eigenvalue weighted by Crippen LogP contribution is 2.02. The fourth-order valence-corrected chi connectivity index (χ4v) is 1.77. The lowest BCUT2D eigenvalue weighted by Gasteiger charge is -2.28. The molecular formula is C11H21N3O3. The zero-order chi connectivity index (χ0) is 12.7. The molecule has 0 bridgehead atoms. The molecule has 1 rings (SSSR count). The highest BCUT2D eigenvalue weighted by molar-refractivity contribution is 5.82.